The van der Waals surface area contributed by atoms with E-state index in [0.717, 1.165) is 32.1 Å². The molecule has 1 atom stereocenters. The number of carboxylic acids is 1. The van der Waals surface area contributed by atoms with E-state index in [-0.39, 0.29) is 6.10 Å². The lowest BCUT2D eigenvalue weighted by Gasteiger charge is -2.08. The summed E-state index contributed by atoms with van der Waals surface area (Å²) in [4.78, 5) is 10.3. The van der Waals surface area contributed by atoms with Gasteiger partial charge in [-0.3, -0.25) is 0 Å². The van der Waals surface area contributed by atoms with E-state index in [2.05, 4.69) is 6.92 Å². The molecule has 0 aliphatic carbocycles. The Bertz CT molecular complexity index is 287. The van der Waals surface area contributed by atoms with Crippen LogP contribution in [0.2, 0.25) is 0 Å². The average molecular weight is 327 g/mol. The van der Waals surface area contributed by atoms with Gasteiger partial charge in [0, 0.05) is 6.08 Å². The van der Waals surface area contributed by atoms with Crippen LogP contribution in [0.15, 0.2) is 12.2 Å². The number of hydrogen-bond acceptors (Lipinski definition) is 2. The van der Waals surface area contributed by atoms with E-state index in [1.165, 1.54) is 70.3 Å². The summed E-state index contributed by atoms with van der Waals surface area (Å²) in [6.07, 6.45) is 20.9. The maximum absolute atomic E-state index is 10.3. The first-order valence-corrected chi connectivity index (χ1v) is 9.74. The van der Waals surface area contributed by atoms with Crippen molar-refractivity contribution in [3.8, 4) is 0 Å². The number of aliphatic hydroxyl groups is 1. The molecule has 0 heterocycles. The molecule has 0 aliphatic heterocycles. The number of carbonyl (C=O) groups is 1. The third-order valence-electron chi connectivity index (χ3n) is 4.29. The van der Waals surface area contributed by atoms with E-state index in [4.69, 9.17) is 5.11 Å². The van der Waals surface area contributed by atoms with Crippen molar-refractivity contribution >= 4 is 5.97 Å². The number of hydrogen-bond donors (Lipinski definition) is 2. The highest BCUT2D eigenvalue weighted by Crippen LogP contribution is 2.14. The molecule has 0 bridgehead atoms. The maximum Gasteiger partial charge on any atom is 0.327 e. The molecule has 0 spiro atoms. The number of allylic oxidation sites excluding steroid dienone is 1. The highest BCUT2D eigenvalue weighted by molar-refractivity contribution is 5.79. The molecule has 0 fully saturated rings. The van der Waals surface area contributed by atoms with E-state index >= 15 is 0 Å². The molecule has 0 aromatic carbocycles. The SMILES string of the molecule is CCCC(O)CCCCCCCCCCCCC/C=C\C(=O)O. The van der Waals surface area contributed by atoms with Gasteiger partial charge in [-0.05, 0) is 25.7 Å². The summed E-state index contributed by atoms with van der Waals surface area (Å²) in [5.41, 5.74) is 0. The van der Waals surface area contributed by atoms with Gasteiger partial charge in [0.15, 0.2) is 0 Å². The van der Waals surface area contributed by atoms with Crippen LogP contribution in [-0.4, -0.2) is 22.3 Å². The number of rotatable bonds is 17. The Kier molecular flexibility index (Phi) is 16.9. The lowest BCUT2D eigenvalue weighted by Crippen LogP contribution is -2.04. The third-order valence-corrected chi connectivity index (χ3v) is 4.29. The number of aliphatic hydroxyl groups excluding tert-OH is 1. The second-order valence-electron chi connectivity index (χ2n) is 6.65. The lowest BCUT2D eigenvalue weighted by molar-refractivity contribution is -0.131. The molecule has 0 aromatic heterocycles. The molecule has 1 unspecified atom stereocenters. The first-order valence-electron chi connectivity index (χ1n) is 9.74. The number of carboxylic acid groups (broad SMARTS) is 1. The second-order valence-corrected chi connectivity index (χ2v) is 6.65. The van der Waals surface area contributed by atoms with Gasteiger partial charge >= 0.3 is 5.97 Å². The van der Waals surface area contributed by atoms with Crippen molar-refractivity contribution < 1.29 is 15.0 Å². The van der Waals surface area contributed by atoms with Crippen molar-refractivity contribution in [2.75, 3.05) is 0 Å². The zero-order valence-corrected chi connectivity index (χ0v) is 15.1. The minimum absolute atomic E-state index is 0.0698. The van der Waals surface area contributed by atoms with Gasteiger partial charge in [0.1, 0.15) is 0 Å². The Morgan fingerprint density at radius 2 is 1.30 bits per heavy atom. The highest BCUT2D eigenvalue weighted by atomic mass is 16.4. The summed E-state index contributed by atoms with van der Waals surface area (Å²) in [6, 6.07) is 0. The molecule has 3 heteroatoms. The lowest BCUT2D eigenvalue weighted by atomic mass is 10.0. The largest absolute Gasteiger partial charge is 0.478 e. The van der Waals surface area contributed by atoms with Crippen molar-refractivity contribution in [1.29, 1.82) is 0 Å². The normalized spacial score (nSPS) is 12.8. The van der Waals surface area contributed by atoms with Gasteiger partial charge in [-0.25, -0.2) is 4.79 Å². The Balaban J connectivity index is 3.09. The molecule has 0 rings (SSSR count). The highest BCUT2D eigenvalue weighted by Gasteiger charge is 2.01. The molecule has 0 aliphatic rings. The summed E-state index contributed by atoms with van der Waals surface area (Å²) >= 11 is 0. The van der Waals surface area contributed by atoms with Gasteiger partial charge in [-0.15, -0.1) is 0 Å². The van der Waals surface area contributed by atoms with Crippen molar-refractivity contribution in [3.63, 3.8) is 0 Å². The zero-order chi connectivity index (χ0) is 17.2. The van der Waals surface area contributed by atoms with Crippen molar-refractivity contribution in [3.05, 3.63) is 12.2 Å². The Hall–Kier alpha value is -0.830. The summed E-state index contributed by atoms with van der Waals surface area (Å²) in [7, 11) is 0. The van der Waals surface area contributed by atoms with Crippen LogP contribution in [0.4, 0.5) is 0 Å². The van der Waals surface area contributed by atoms with Crippen LogP contribution in [0.5, 0.6) is 0 Å². The fraction of sp³-hybridized carbons (Fsp3) is 0.850. The third kappa shape index (κ3) is 19.1. The Morgan fingerprint density at radius 3 is 1.78 bits per heavy atom. The standard InChI is InChI=1S/C20H38O3/c1-2-16-19(21)17-14-12-10-8-6-4-3-5-7-9-11-13-15-18-20(22)23/h15,18-19,21H,2-14,16-17H2,1H3,(H,22,23)/b18-15-. The Morgan fingerprint density at radius 1 is 0.826 bits per heavy atom. The molecular weight excluding hydrogens is 288 g/mol. The fourth-order valence-electron chi connectivity index (χ4n) is 2.89. The molecule has 0 saturated carbocycles. The summed E-state index contributed by atoms with van der Waals surface area (Å²) < 4.78 is 0. The Labute approximate surface area is 143 Å². The van der Waals surface area contributed by atoms with Crippen molar-refractivity contribution in [1.82, 2.24) is 0 Å². The summed E-state index contributed by atoms with van der Waals surface area (Å²) in [6.45, 7) is 2.12. The molecule has 0 radical (unpaired) electrons. The molecule has 0 aromatic rings. The first-order chi connectivity index (χ1) is 11.2. The minimum Gasteiger partial charge on any atom is -0.478 e. The van der Waals surface area contributed by atoms with Gasteiger partial charge in [-0.1, -0.05) is 83.6 Å². The minimum atomic E-state index is -0.845. The molecular formula is C20H38O3. The van der Waals surface area contributed by atoms with Crippen LogP contribution in [-0.2, 0) is 4.79 Å². The van der Waals surface area contributed by atoms with E-state index in [0.29, 0.717) is 0 Å². The van der Waals surface area contributed by atoms with E-state index in [1.54, 1.807) is 6.08 Å². The van der Waals surface area contributed by atoms with Crippen LogP contribution in [0, 0.1) is 0 Å². The zero-order valence-electron chi connectivity index (χ0n) is 15.1. The van der Waals surface area contributed by atoms with Crippen LogP contribution in [0.3, 0.4) is 0 Å². The van der Waals surface area contributed by atoms with Crippen molar-refractivity contribution in [2.24, 2.45) is 0 Å². The first kappa shape index (κ1) is 22.2. The summed E-state index contributed by atoms with van der Waals surface area (Å²) in [5.74, 6) is -0.845. The van der Waals surface area contributed by atoms with Gasteiger partial charge in [0.2, 0.25) is 0 Å². The predicted molar refractivity (Wildman–Crippen MR) is 97.7 cm³/mol. The van der Waals surface area contributed by atoms with E-state index < -0.39 is 5.97 Å². The predicted octanol–water partition coefficient (Wildman–Crippen LogP) is 5.86. The van der Waals surface area contributed by atoms with Gasteiger partial charge in [0.05, 0.1) is 6.10 Å². The smallest absolute Gasteiger partial charge is 0.327 e. The monoisotopic (exact) mass is 326 g/mol. The quantitative estimate of drug-likeness (QED) is 0.260. The molecule has 0 amide bonds. The topological polar surface area (TPSA) is 57.5 Å². The molecule has 3 nitrogen and oxygen atoms in total. The van der Waals surface area contributed by atoms with Crippen LogP contribution < -0.4 is 0 Å². The molecule has 136 valence electrons. The van der Waals surface area contributed by atoms with Crippen LogP contribution in [0.25, 0.3) is 0 Å². The molecule has 0 saturated heterocycles. The van der Waals surface area contributed by atoms with E-state index in [9.17, 15) is 9.90 Å². The van der Waals surface area contributed by atoms with Gasteiger partial charge in [0.25, 0.3) is 0 Å². The molecule has 2 N–H and O–H groups in total. The molecule has 23 heavy (non-hydrogen) atoms. The number of aliphatic carboxylic acids is 1. The van der Waals surface area contributed by atoms with Crippen LogP contribution >= 0.6 is 0 Å². The number of unbranched alkanes of at least 4 members (excludes halogenated alkanes) is 11. The van der Waals surface area contributed by atoms with Crippen LogP contribution in [0.1, 0.15) is 103 Å². The van der Waals surface area contributed by atoms with Crippen molar-refractivity contribution in [2.45, 2.75) is 109 Å². The fourth-order valence-corrected chi connectivity index (χ4v) is 2.89. The average Bonchev–Trinajstić information content (AvgIpc) is 2.51. The maximum atomic E-state index is 10.3. The van der Waals surface area contributed by atoms with Gasteiger partial charge < -0.3 is 10.2 Å². The van der Waals surface area contributed by atoms with E-state index in [1.807, 2.05) is 0 Å². The van der Waals surface area contributed by atoms with Gasteiger partial charge in [-0.2, -0.15) is 0 Å². The summed E-state index contributed by atoms with van der Waals surface area (Å²) in [5, 5.41) is 18.1. The second kappa shape index (κ2) is 17.5.